The van der Waals surface area contributed by atoms with Crippen LogP contribution < -0.4 is 0 Å². The van der Waals surface area contributed by atoms with Crippen LogP contribution in [0.4, 0.5) is 0 Å². The largest absolute Gasteiger partial charge is 0.260 e. The lowest BCUT2D eigenvalue weighted by Gasteiger charge is -2.27. The van der Waals surface area contributed by atoms with Gasteiger partial charge in [-0.05, 0) is 40.9 Å². The zero-order valence-electron chi connectivity index (χ0n) is 9.89. The van der Waals surface area contributed by atoms with Gasteiger partial charge in [-0.15, -0.1) is 0 Å². The second-order valence-electron chi connectivity index (χ2n) is 4.38. The van der Waals surface area contributed by atoms with E-state index < -0.39 is 0 Å². The maximum absolute atomic E-state index is 4.53. The van der Waals surface area contributed by atoms with E-state index in [0.717, 1.165) is 10.9 Å². The zero-order chi connectivity index (χ0) is 11.3. The van der Waals surface area contributed by atoms with Gasteiger partial charge >= 0.3 is 0 Å². The molecule has 0 aliphatic heterocycles. The van der Waals surface area contributed by atoms with Crippen LogP contribution in [0.1, 0.15) is 52.1 Å². The predicted octanol–water partition coefficient (Wildman–Crippen LogP) is 4.70. The molecule has 1 aromatic rings. The van der Waals surface area contributed by atoms with Crippen molar-refractivity contribution in [1.29, 1.82) is 0 Å². The minimum absolute atomic E-state index is 0.247. The molecule has 0 amide bonds. The molecule has 0 N–H and O–H groups in total. The number of halogens is 1. The van der Waals surface area contributed by atoms with E-state index >= 15 is 0 Å². The summed E-state index contributed by atoms with van der Waals surface area (Å²) in [7, 11) is 0. The average Bonchev–Trinajstić information content (AvgIpc) is 2.27. The highest BCUT2D eigenvalue weighted by Crippen LogP contribution is 2.31. The van der Waals surface area contributed by atoms with E-state index in [1.165, 1.54) is 25.0 Å². The van der Waals surface area contributed by atoms with E-state index in [2.05, 4.69) is 53.8 Å². The third-order valence-corrected chi connectivity index (χ3v) is 3.68. The number of unbranched alkanes of at least 4 members (excludes halogenated alkanes) is 1. The third kappa shape index (κ3) is 3.30. The second-order valence-corrected chi connectivity index (χ2v) is 5.30. The minimum Gasteiger partial charge on any atom is -0.260 e. The first-order valence-electron chi connectivity index (χ1n) is 5.74. The van der Waals surface area contributed by atoms with Gasteiger partial charge in [-0.3, -0.25) is 4.98 Å². The summed E-state index contributed by atoms with van der Waals surface area (Å²) >= 11 is 3.42. The van der Waals surface area contributed by atoms with E-state index in [1.54, 1.807) is 0 Å². The summed E-state index contributed by atoms with van der Waals surface area (Å²) in [6.07, 6.45) is 6.82. The molecule has 84 valence electrons. The lowest BCUT2D eigenvalue weighted by molar-refractivity contribution is 0.392. The van der Waals surface area contributed by atoms with Crippen LogP contribution in [0, 0.1) is 0 Å². The summed E-state index contributed by atoms with van der Waals surface area (Å²) in [6, 6.07) is 4.23. The SMILES string of the molecule is CCCCC(C)(CC)c1ccc(Br)cn1. The molecule has 1 nitrogen and oxygen atoms in total. The molecular formula is C13H20BrN. The lowest BCUT2D eigenvalue weighted by Crippen LogP contribution is -2.22. The Bertz CT molecular complexity index is 294. The van der Waals surface area contributed by atoms with Crippen molar-refractivity contribution in [2.24, 2.45) is 0 Å². The molecule has 1 unspecified atom stereocenters. The number of nitrogens with zero attached hydrogens (tertiary/aromatic N) is 1. The van der Waals surface area contributed by atoms with Crippen molar-refractivity contribution in [1.82, 2.24) is 4.98 Å². The summed E-state index contributed by atoms with van der Waals surface area (Å²) in [4.78, 5) is 4.53. The number of pyridine rings is 1. The minimum atomic E-state index is 0.247. The highest BCUT2D eigenvalue weighted by atomic mass is 79.9. The predicted molar refractivity (Wildman–Crippen MR) is 69.1 cm³/mol. The van der Waals surface area contributed by atoms with Crippen molar-refractivity contribution in [2.75, 3.05) is 0 Å². The molecule has 1 rings (SSSR count). The monoisotopic (exact) mass is 269 g/mol. The number of rotatable bonds is 5. The fourth-order valence-corrected chi connectivity index (χ4v) is 2.02. The molecule has 15 heavy (non-hydrogen) atoms. The topological polar surface area (TPSA) is 12.9 Å². The van der Waals surface area contributed by atoms with Gasteiger partial charge in [0.05, 0.1) is 0 Å². The van der Waals surface area contributed by atoms with Gasteiger partial charge in [-0.25, -0.2) is 0 Å². The molecular weight excluding hydrogens is 250 g/mol. The quantitative estimate of drug-likeness (QED) is 0.755. The van der Waals surface area contributed by atoms with E-state index in [-0.39, 0.29) is 5.41 Å². The Hall–Kier alpha value is -0.370. The smallest absolute Gasteiger partial charge is 0.0463 e. The van der Waals surface area contributed by atoms with Gasteiger partial charge in [0.1, 0.15) is 0 Å². The van der Waals surface area contributed by atoms with Crippen molar-refractivity contribution in [2.45, 2.75) is 51.9 Å². The van der Waals surface area contributed by atoms with Gasteiger partial charge in [0.2, 0.25) is 0 Å². The maximum atomic E-state index is 4.53. The lowest BCUT2D eigenvalue weighted by atomic mass is 9.79. The van der Waals surface area contributed by atoms with Crippen molar-refractivity contribution in [3.63, 3.8) is 0 Å². The normalized spacial score (nSPS) is 14.9. The van der Waals surface area contributed by atoms with Gasteiger partial charge in [0, 0.05) is 21.8 Å². The maximum Gasteiger partial charge on any atom is 0.0463 e. The van der Waals surface area contributed by atoms with Crippen molar-refractivity contribution in [3.05, 3.63) is 28.5 Å². The molecule has 0 saturated heterocycles. The molecule has 1 aromatic heterocycles. The van der Waals surface area contributed by atoms with Crippen LogP contribution >= 0.6 is 15.9 Å². The van der Waals surface area contributed by atoms with Crippen molar-refractivity contribution < 1.29 is 0 Å². The molecule has 0 radical (unpaired) electrons. The van der Waals surface area contributed by atoms with Crippen LogP contribution in [-0.2, 0) is 5.41 Å². The Labute approximate surface area is 101 Å². The second kappa shape index (κ2) is 5.64. The Kier molecular flexibility index (Phi) is 4.78. The molecule has 0 fully saturated rings. The van der Waals surface area contributed by atoms with Gasteiger partial charge < -0.3 is 0 Å². The summed E-state index contributed by atoms with van der Waals surface area (Å²) < 4.78 is 1.06. The van der Waals surface area contributed by atoms with Crippen LogP contribution in [0.3, 0.4) is 0 Å². The first kappa shape index (κ1) is 12.7. The number of hydrogen-bond donors (Lipinski definition) is 0. The van der Waals surface area contributed by atoms with Gasteiger partial charge in [-0.2, -0.15) is 0 Å². The van der Waals surface area contributed by atoms with E-state index in [4.69, 9.17) is 0 Å². The van der Waals surface area contributed by atoms with E-state index in [0.29, 0.717) is 0 Å². The van der Waals surface area contributed by atoms with Crippen LogP contribution in [-0.4, -0.2) is 4.98 Å². The fraction of sp³-hybridized carbons (Fsp3) is 0.615. The first-order chi connectivity index (χ1) is 7.12. The van der Waals surface area contributed by atoms with Crippen molar-refractivity contribution >= 4 is 15.9 Å². The molecule has 0 spiro atoms. The number of hydrogen-bond acceptors (Lipinski definition) is 1. The van der Waals surface area contributed by atoms with Crippen LogP contribution in [0.25, 0.3) is 0 Å². The first-order valence-corrected chi connectivity index (χ1v) is 6.53. The molecule has 0 bridgehead atoms. The molecule has 0 aliphatic carbocycles. The van der Waals surface area contributed by atoms with Crippen LogP contribution in [0.2, 0.25) is 0 Å². The molecule has 0 saturated carbocycles. The molecule has 0 aliphatic rings. The van der Waals surface area contributed by atoms with Gasteiger partial charge in [0.25, 0.3) is 0 Å². The van der Waals surface area contributed by atoms with Crippen molar-refractivity contribution in [3.8, 4) is 0 Å². The van der Waals surface area contributed by atoms with Crippen LogP contribution in [0.15, 0.2) is 22.8 Å². The molecule has 1 heterocycles. The van der Waals surface area contributed by atoms with Crippen LogP contribution in [0.5, 0.6) is 0 Å². The summed E-state index contributed by atoms with van der Waals surface area (Å²) in [6.45, 7) is 6.81. The van der Waals surface area contributed by atoms with E-state index in [9.17, 15) is 0 Å². The zero-order valence-corrected chi connectivity index (χ0v) is 11.5. The molecule has 0 aromatic carbocycles. The van der Waals surface area contributed by atoms with E-state index in [1.807, 2.05) is 6.20 Å². The summed E-state index contributed by atoms with van der Waals surface area (Å²) in [5.41, 5.74) is 1.47. The Morgan fingerprint density at radius 1 is 1.33 bits per heavy atom. The standard InChI is InChI=1S/C13H20BrN/c1-4-6-9-13(3,5-2)12-8-7-11(14)10-15-12/h7-8,10H,4-6,9H2,1-3H3. The Morgan fingerprint density at radius 2 is 2.07 bits per heavy atom. The molecule has 2 heteroatoms. The Balaban J connectivity index is 2.85. The fourth-order valence-electron chi connectivity index (χ4n) is 1.79. The highest BCUT2D eigenvalue weighted by Gasteiger charge is 2.24. The molecule has 1 atom stereocenters. The Morgan fingerprint density at radius 3 is 2.53 bits per heavy atom. The number of aromatic nitrogens is 1. The third-order valence-electron chi connectivity index (χ3n) is 3.21. The average molecular weight is 270 g/mol. The summed E-state index contributed by atoms with van der Waals surface area (Å²) in [5.74, 6) is 0. The highest BCUT2D eigenvalue weighted by molar-refractivity contribution is 9.10. The van der Waals surface area contributed by atoms with Gasteiger partial charge in [0.15, 0.2) is 0 Å². The van der Waals surface area contributed by atoms with Gasteiger partial charge in [-0.1, -0.05) is 33.6 Å². The summed E-state index contributed by atoms with van der Waals surface area (Å²) in [5, 5.41) is 0.